The number of anilines is 2. The Kier molecular flexibility index (Phi) is 9.03. The van der Waals surface area contributed by atoms with Crippen LogP contribution < -0.4 is 14.5 Å². The second-order valence-corrected chi connectivity index (χ2v) is 12.2. The maximum atomic E-state index is 13.8. The van der Waals surface area contributed by atoms with Gasteiger partial charge >= 0.3 is 6.01 Å². The zero-order chi connectivity index (χ0) is 31.7. The molecule has 0 aliphatic carbocycles. The van der Waals surface area contributed by atoms with Crippen LogP contribution in [0, 0.1) is 6.57 Å². The molecule has 0 spiro atoms. The largest absolute Gasteiger partial charge is 0.462 e. The van der Waals surface area contributed by atoms with Crippen LogP contribution in [0.25, 0.3) is 15.6 Å². The summed E-state index contributed by atoms with van der Waals surface area (Å²) >= 11 is 6.66. The van der Waals surface area contributed by atoms with Gasteiger partial charge in [-0.25, -0.2) is 11.0 Å². The van der Waals surface area contributed by atoms with Crippen LogP contribution in [0.15, 0.2) is 43.0 Å². The molecule has 3 aliphatic heterocycles. The number of ether oxygens (including phenoxy) is 2. The maximum absolute atomic E-state index is 13.8. The number of pyridine rings is 1. The molecule has 2 atom stereocenters. The first-order valence-corrected chi connectivity index (χ1v) is 15.5. The predicted molar refractivity (Wildman–Crippen MR) is 170 cm³/mol. The SMILES string of the molecule is [C-]#[N+]C[C@H]1CN(c2nc(OC[C@@H](C)N(C)C3COC3)nc3c2CCN(c2cncc4cccc(Cl)c24)C3)CCN1C(=O)C(=C)F. The molecule has 6 rings (SSSR count). The van der Waals surface area contributed by atoms with Gasteiger partial charge in [0, 0.05) is 54.8 Å². The molecule has 0 bridgehead atoms. The van der Waals surface area contributed by atoms with Gasteiger partial charge in [0.25, 0.3) is 5.91 Å². The Labute approximate surface area is 267 Å². The van der Waals surface area contributed by atoms with Crippen molar-refractivity contribution in [2.75, 3.05) is 69.4 Å². The molecule has 1 amide bonds. The van der Waals surface area contributed by atoms with Gasteiger partial charge in [0.1, 0.15) is 18.5 Å². The van der Waals surface area contributed by atoms with Crippen molar-refractivity contribution >= 4 is 39.8 Å². The Morgan fingerprint density at radius 1 is 1.27 bits per heavy atom. The molecule has 2 aromatic heterocycles. The van der Waals surface area contributed by atoms with Crippen LogP contribution in [0.5, 0.6) is 6.01 Å². The summed E-state index contributed by atoms with van der Waals surface area (Å²) in [6.07, 6.45) is 4.30. The van der Waals surface area contributed by atoms with E-state index in [2.05, 4.69) is 45.1 Å². The standard InChI is InChI=1S/C32H36ClFN8O3/c1-20(39(4)24-18-44-19-24)17-45-32-37-27-16-40(28-14-36-12-22-6-5-7-26(33)29(22)28)9-8-25(27)30(38-32)41-10-11-42(31(43)21(2)34)23(15-41)13-35-3/h5-7,12,14,20,23-24H,2,8-11,13,15-19H2,1,4H3/t20-,23+/m1/s1. The summed E-state index contributed by atoms with van der Waals surface area (Å²) in [6, 6.07) is 6.02. The lowest BCUT2D eigenvalue weighted by molar-refractivity contribution is -0.131. The minimum atomic E-state index is -1.02. The van der Waals surface area contributed by atoms with Gasteiger partial charge in [0.15, 0.2) is 5.83 Å². The van der Waals surface area contributed by atoms with Gasteiger partial charge in [-0.1, -0.05) is 30.3 Å². The lowest BCUT2D eigenvalue weighted by Gasteiger charge is -2.41. The molecule has 11 nitrogen and oxygen atoms in total. The van der Waals surface area contributed by atoms with E-state index in [-0.39, 0.29) is 25.1 Å². The summed E-state index contributed by atoms with van der Waals surface area (Å²) in [5.41, 5.74) is 2.75. The number of carbonyl (C=O) groups is 1. The molecular weight excluding hydrogens is 599 g/mol. The van der Waals surface area contributed by atoms with E-state index in [1.165, 1.54) is 4.90 Å². The molecule has 1 aromatic carbocycles. The minimum absolute atomic E-state index is 0.0451. The number of nitrogens with zero attached hydrogens (tertiary/aromatic N) is 8. The van der Waals surface area contributed by atoms with E-state index in [1.807, 2.05) is 30.6 Å². The first-order valence-electron chi connectivity index (χ1n) is 15.1. The third-order valence-electron chi connectivity index (χ3n) is 9.00. The Morgan fingerprint density at radius 2 is 2.09 bits per heavy atom. The van der Waals surface area contributed by atoms with E-state index < -0.39 is 17.8 Å². The number of hydrogen-bond acceptors (Lipinski definition) is 9. The van der Waals surface area contributed by atoms with E-state index in [1.54, 1.807) is 0 Å². The number of halogens is 2. The van der Waals surface area contributed by atoms with Crippen LogP contribution in [0.4, 0.5) is 15.9 Å². The van der Waals surface area contributed by atoms with E-state index in [0.717, 1.165) is 33.5 Å². The number of rotatable bonds is 9. The Hall–Kier alpha value is -4.05. The predicted octanol–water partition coefficient (Wildman–Crippen LogP) is 3.76. The first kappa shape index (κ1) is 31.0. The van der Waals surface area contributed by atoms with E-state index in [9.17, 15) is 9.18 Å². The zero-order valence-electron chi connectivity index (χ0n) is 25.5. The highest BCUT2D eigenvalue weighted by atomic mass is 35.5. The van der Waals surface area contributed by atoms with Crippen LogP contribution in [0.1, 0.15) is 18.2 Å². The van der Waals surface area contributed by atoms with Gasteiger partial charge in [0.2, 0.25) is 6.54 Å². The van der Waals surface area contributed by atoms with Crippen LogP contribution in [0.2, 0.25) is 5.02 Å². The molecule has 2 fully saturated rings. The fourth-order valence-electron chi connectivity index (χ4n) is 6.19. The maximum Gasteiger partial charge on any atom is 0.318 e. The minimum Gasteiger partial charge on any atom is -0.462 e. The highest BCUT2D eigenvalue weighted by Gasteiger charge is 2.36. The fourth-order valence-corrected chi connectivity index (χ4v) is 6.47. The smallest absolute Gasteiger partial charge is 0.318 e. The quantitative estimate of drug-likeness (QED) is 0.258. The summed E-state index contributed by atoms with van der Waals surface area (Å²) < 4.78 is 25.4. The summed E-state index contributed by atoms with van der Waals surface area (Å²) in [7, 11) is 2.06. The van der Waals surface area contributed by atoms with E-state index >= 15 is 0 Å². The number of aromatic nitrogens is 3. The summed E-state index contributed by atoms with van der Waals surface area (Å²) in [6.45, 7) is 16.8. The molecule has 3 aliphatic rings. The monoisotopic (exact) mass is 634 g/mol. The summed E-state index contributed by atoms with van der Waals surface area (Å²) in [5.74, 6) is -1.08. The highest BCUT2D eigenvalue weighted by molar-refractivity contribution is 6.36. The van der Waals surface area contributed by atoms with Gasteiger partial charge in [-0.15, -0.1) is 0 Å². The van der Waals surface area contributed by atoms with Crippen molar-refractivity contribution in [2.24, 2.45) is 0 Å². The van der Waals surface area contributed by atoms with Crippen LogP contribution in [-0.2, 0) is 22.5 Å². The molecule has 2 saturated heterocycles. The van der Waals surface area contributed by atoms with Crippen molar-refractivity contribution < 1.29 is 18.7 Å². The van der Waals surface area contributed by atoms with Crippen molar-refractivity contribution in [2.45, 2.75) is 38.0 Å². The van der Waals surface area contributed by atoms with Crippen molar-refractivity contribution in [1.29, 1.82) is 0 Å². The van der Waals surface area contributed by atoms with Gasteiger partial charge in [0.05, 0.1) is 48.4 Å². The molecule has 0 unspecified atom stereocenters. The average molecular weight is 635 g/mol. The lowest BCUT2D eigenvalue weighted by Crippen LogP contribution is -2.57. The normalized spacial score (nSPS) is 19.2. The number of hydrogen-bond donors (Lipinski definition) is 0. The van der Waals surface area contributed by atoms with E-state index in [4.69, 9.17) is 37.6 Å². The number of piperazine rings is 1. The van der Waals surface area contributed by atoms with E-state index in [0.29, 0.717) is 63.5 Å². The molecule has 45 heavy (non-hydrogen) atoms. The lowest BCUT2D eigenvalue weighted by atomic mass is 10.0. The van der Waals surface area contributed by atoms with Crippen LogP contribution in [-0.4, -0.2) is 108 Å². The van der Waals surface area contributed by atoms with Gasteiger partial charge in [-0.05, 0) is 26.5 Å². The number of carbonyl (C=O) groups excluding carboxylic acids is 1. The molecule has 13 heteroatoms. The first-order chi connectivity index (χ1) is 21.7. The molecule has 0 saturated carbocycles. The molecular formula is C32H36ClFN8O3. The Bertz CT molecular complexity index is 1640. The van der Waals surface area contributed by atoms with Crippen LogP contribution >= 0.6 is 11.6 Å². The van der Waals surface area contributed by atoms with Crippen molar-refractivity contribution in [3.05, 3.63) is 70.7 Å². The van der Waals surface area contributed by atoms with Crippen molar-refractivity contribution in [3.8, 4) is 6.01 Å². The number of likely N-dealkylation sites (N-methyl/N-ethyl adjacent to an activating group) is 1. The summed E-state index contributed by atoms with van der Waals surface area (Å²) in [4.78, 5) is 38.3. The fraction of sp³-hybridized carbons (Fsp3) is 0.469. The number of fused-ring (bicyclic) bond motifs is 2. The van der Waals surface area contributed by atoms with Crippen LogP contribution in [0.3, 0.4) is 0 Å². The Morgan fingerprint density at radius 3 is 2.82 bits per heavy atom. The second kappa shape index (κ2) is 13.1. The Balaban J connectivity index is 1.32. The third kappa shape index (κ3) is 6.25. The van der Waals surface area contributed by atoms with Gasteiger partial charge < -0.3 is 29.0 Å². The molecule has 0 N–H and O–H groups in total. The van der Waals surface area contributed by atoms with Crippen molar-refractivity contribution in [3.63, 3.8) is 0 Å². The molecule has 0 radical (unpaired) electrons. The second-order valence-electron chi connectivity index (χ2n) is 11.8. The zero-order valence-corrected chi connectivity index (χ0v) is 26.2. The molecule has 236 valence electrons. The molecule has 5 heterocycles. The van der Waals surface area contributed by atoms with Gasteiger partial charge in [-0.3, -0.25) is 14.7 Å². The number of amides is 1. The topological polar surface area (TPSA) is 91.5 Å². The average Bonchev–Trinajstić information content (AvgIpc) is 3.01. The van der Waals surface area contributed by atoms with Gasteiger partial charge in [-0.2, -0.15) is 9.97 Å². The number of benzene rings is 1. The van der Waals surface area contributed by atoms with Crippen molar-refractivity contribution in [1.82, 2.24) is 24.8 Å². The third-order valence-corrected chi connectivity index (χ3v) is 9.31. The molecule has 3 aromatic rings. The summed E-state index contributed by atoms with van der Waals surface area (Å²) in [5, 5.41) is 2.56. The highest BCUT2D eigenvalue weighted by Crippen LogP contribution is 2.37.